The number of imidazole rings is 1. The lowest BCUT2D eigenvalue weighted by Gasteiger charge is -2.27. The number of carbonyl (C=O) groups is 1. The van der Waals surface area contributed by atoms with Gasteiger partial charge in [0, 0.05) is 24.8 Å². The molecule has 0 unspecified atom stereocenters. The van der Waals surface area contributed by atoms with E-state index in [0.717, 1.165) is 19.0 Å². The van der Waals surface area contributed by atoms with E-state index in [9.17, 15) is 18.0 Å². The van der Waals surface area contributed by atoms with Crippen molar-refractivity contribution in [2.24, 2.45) is 0 Å². The number of aromatic nitrogens is 4. The first kappa shape index (κ1) is 18.9. The van der Waals surface area contributed by atoms with Gasteiger partial charge < -0.3 is 19.2 Å². The number of alkyl halides is 3. The number of nitrogens with one attached hydrogen (secondary N) is 1. The minimum absolute atomic E-state index is 0.0187. The molecule has 0 atom stereocenters. The van der Waals surface area contributed by atoms with Gasteiger partial charge in [0.05, 0.1) is 17.5 Å². The highest BCUT2D eigenvalue weighted by molar-refractivity contribution is 6.10. The minimum Gasteiger partial charge on any atom is -0.442 e. The van der Waals surface area contributed by atoms with Crippen molar-refractivity contribution in [1.82, 2.24) is 24.4 Å². The summed E-state index contributed by atoms with van der Waals surface area (Å²) in [6.45, 7) is 4.22. The van der Waals surface area contributed by atoms with E-state index in [1.165, 1.54) is 15.8 Å². The van der Waals surface area contributed by atoms with E-state index >= 15 is 0 Å². The molecule has 2 aliphatic rings. The number of hydrogen-bond donors (Lipinski definition) is 1. The fourth-order valence-corrected chi connectivity index (χ4v) is 3.72. The van der Waals surface area contributed by atoms with E-state index in [-0.39, 0.29) is 36.9 Å². The quantitative estimate of drug-likeness (QED) is 0.699. The van der Waals surface area contributed by atoms with E-state index < -0.39 is 11.9 Å². The van der Waals surface area contributed by atoms with Crippen LogP contribution in [-0.4, -0.2) is 42.4 Å². The highest BCUT2D eigenvalue weighted by Crippen LogP contribution is 2.40. The van der Waals surface area contributed by atoms with Gasteiger partial charge in [-0.15, -0.1) is 0 Å². The van der Waals surface area contributed by atoms with Crippen LogP contribution >= 0.6 is 0 Å². The van der Waals surface area contributed by atoms with E-state index in [1.54, 1.807) is 6.92 Å². The molecule has 0 saturated heterocycles. The molecule has 0 aromatic carbocycles. The summed E-state index contributed by atoms with van der Waals surface area (Å²) in [4.78, 5) is 27.0. The molecule has 8 nitrogen and oxygen atoms in total. The lowest BCUT2D eigenvalue weighted by atomic mass is 10.1. The maximum atomic E-state index is 13.4. The van der Waals surface area contributed by atoms with Gasteiger partial charge in [-0.3, -0.25) is 4.79 Å². The molecule has 1 saturated carbocycles. The Labute approximate surface area is 169 Å². The normalized spacial score (nSPS) is 17.8. The van der Waals surface area contributed by atoms with Gasteiger partial charge in [0.2, 0.25) is 5.71 Å². The van der Waals surface area contributed by atoms with Crippen molar-refractivity contribution in [3.63, 3.8) is 0 Å². The van der Waals surface area contributed by atoms with Crippen LogP contribution in [0.15, 0.2) is 16.9 Å². The molecule has 0 spiro atoms. The second-order valence-corrected chi connectivity index (χ2v) is 8.08. The highest BCUT2D eigenvalue weighted by atomic mass is 19.4. The number of fused-ring (bicyclic) bond motifs is 2. The summed E-state index contributed by atoms with van der Waals surface area (Å²) in [6.07, 6.45) is -0.164. The number of nitrogens with zero attached hydrogens (tertiary/aromatic N) is 5. The van der Waals surface area contributed by atoms with Gasteiger partial charge >= 0.3 is 6.18 Å². The van der Waals surface area contributed by atoms with Crippen LogP contribution in [0.25, 0.3) is 11.1 Å². The number of anilines is 1. The van der Waals surface area contributed by atoms with E-state index in [4.69, 9.17) is 4.42 Å². The molecular weight excluding hydrogens is 401 g/mol. The molecular formula is C19H19F3N6O2. The zero-order valence-corrected chi connectivity index (χ0v) is 16.4. The predicted molar refractivity (Wildman–Crippen MR) is 99.8 cm³/mol. The average molecular weight is 420 g/mol. The summed E-state index contributed by atoms with van der Waals surface area (Å²) in [6, 6.07) is 0. The monoisotopic (exact) mass is 420 g/mol. The molecule has 1 amide bonds. The molecule has 4 heterocycles. The van der Waals surface area contributed by atoms with Gasteiger partial charge in [0.25, 0.3) is 5.91 Å². The Morgan fingerprint density at radius 3 is 2.73 bits per heavy atom. The Hall–Kier alpha value is -3.11. The van der Waals surface area contributed by atoms with Crippen molar-refractivity contribution in [2.45, 2.75) is 51.5 Å². The molecule has 3 aromatic heterocycles. The van der Waals surface area contributed by atoms with Crippen LogP contribution in [0, 0.1) is 6.92 Å². The third-order valence-electron chi connectivity index (χ3n) is 5.68. The Morgan fingerprint density at radius 1 is 1.27 bits per heavy atom. The van der Waals surface area contributed by atoms with Gasteiger partial charge in [-0.05, 0) is 26.7 Å². The summed E-state index contributed by atoms with van der Waals surface area (Å²) in [5, 5.41) is 3.86. The summed E-state index contributed by atoms with van der Waals surface area (Å²) in [5.74, 6) is 0.780. The van der Waals surface area contributed by atoms with E-state index in [2.05, 4.69) is 27.2 Å². The van der Waals surface area contributed by atoms with E-state index in [0.29, 0.717) is 28.2 Å². The Balaban J connectivity index is 1.49. The maximum absolute atomic E-state index is 13.4. The molecule has 1 aliphatic heterocycles. The van der Waals surface area contributed by atoms with Crippen molar-refractivity contribution in [2.75, 3.05) is 11.9 Å². The Bertz CT molecular complexity index is 1160. The number of aryl methyl sites for hydroxylation is 1. The molecule has 30 heavy (non-hydrogen) atoms. The molecule has 158 valence electrons. The average Bonchev–Trinajstić information content (AvgIpc) is 3.11. The molecule has 3 aromatic rings. The number of carbonyl (C=O) groups excluding carboxylic acids is 1. The van der Waals surface area contributed by atoms with Crippen molar-refractivity contribution in [3.8, 4) is 0 Å². The standard InChI is InChI=1S/C19H19F3N6O2/c1-10-13(14-15(26-18(2)3-4-18)23-9-24-16(14)30-10)17(29)28-6-5-27-7-11(19(20,21)22)25-12(27)8-28/h7,9H,3-6,8H2,1-2H3,(H,23,24,26). The molecule has 5 rings (SSSR count). The van der Waals surface area contributed by atoms with Crippen LogP contribution in [0.3, 0.4) is 0 Å². The van der Waals surface area contributed by atoms with Gasteiger partial charge in [-0.1, -0.05) is 0 Å². The van der Waals surface area contributed by atoms with Gasteiger partial charge in [0.15, 0.2) is 5.69 Å². The van der Waals surface area contributed by atoms with Crippen LogP contribution in [0.4, 0.5) is 19.0 Å². The molecule has 0 radical (unpaired) electrons. The zero-order valence-electron chi connectivity index (χ0n) is 16.4. The van der Waals surface area contributed by atoms with Gasteiger partial charge in [-0.25, -0.2) is 15.0 Å². The first-order valence-corrected chi connectivity index (χ1v) is 9.59. The van der Waals surface area contributed by atoms with Crippen molar-refractivity contribution >= 4 is 22.8 Å². The summed E-state index contributed by atoms with van der Waals surface area (Å²) in [7, 11) is 0. The van der Waals surface area contributed by atoms with Crippen LogP contribution in [0.5, 0.6) is 0 Å². The fraction of sp³-hybridized carbons (Fsp3) is 0.474. The zero-order chi connectivity index (χ0) is 21.3. The third-order valence-corrected chi connectivity index (χ3v) is 5.68. The predicted octanol–water partition coefficient (Wildman–Crippen LogP) is 3.37. The number of hydrogen-bond acceptors (Lipinski definition) is 6. The van der Waals surface area contributed by atoms with Crippen LogP contribution in [0.1, 0.15) is 47.4 Å². The minimum atomic E-state index is -4.52. The molecule has 1 aliphatic carbocycles. The molecule has 11 heteroatoms. The largest absolute Gasteiger partial charge is 0.442 e. The van der Waals surface area contributed by atoms with Gasteiger partial charge in [0.1, 0.15) is 23.7 Å². The van der Waals surface area contributed by atoms with Gasteiger partial charge in [-0.2, -0.15) is 13.2 Å². The van der Waals surface area contributed by atoms with Crippen LogP contribution < -0.4 is 5.32 Å². The SMILES string of the molecule is Cc1oc2ncnc(NC3(C)CC3)c2c1C(=O)N1CCn2cc(C(F)(F)F)nc2C1. The summed E-state index contributed by atoms with van der Waals surface area (Å²) in [5.41, 5.74) is -0.394. The highest BCUT2D eigenvalue weighted by Gasteiger charge is 2.39. The first-order chi connectivity index (χ1) is 14.1. The molecule has 1 fully saturated rings. The summed E-state index contributed by atoms with van der Waals surface area (Å²) >= 11 is 0. The fourth-order valence-electron chi connectivity index (χ4n) is 3.72. The lowest BCUT2D eigenvalue weighted by Crippen LogP contribution is -2.38. The Morgan fingerprint density at radius 2 is 2.03 bits per heavy atom. The smallest absolute Gasteiger partial charge is 0.434 e. The van der Waals surface area contributed by atoms with Crippen molar-refractivity contribution < 1.29 is 22.4 Å². The summed E-state index contributed by atoms with van der Waals surface area (Å²) < 4.78 is 46.1. The number of furan rings is 1. The maximum Gasteiger partial charge on any atom is 0.434 e. The van der Waals surface area contributed by atoms with Crippen LogP contribution in [-0.2, 0) is 19.3 Å². The second kappa shape index (κ2) is 6.19. The number of halogens is 3. The number of amides is 1. The van der Waals surface area contributed by atoms with Crippen molar-refractivity contribution in [3.05, 3.63) is 35.4 Å². The molecule has 1 N–H and O–H groups in total. The lowest BCUT2D eigenvalue weighted by molar-refractivity contribution is -0.141. The first-order valence-electron chi connectivity index (χ1n) is 9.59. The van der Waals surface area contributed by atoms with Crippen LogP contribution in [0.2, 0.25) is 0 Å². The van der Waals surface area contributed by atoms with E-state index in [1.807, 2.05) is 0 Å². The molecule has 0 bridgehead atoms. The third kappa shape index (κ3) is 3.08. The van der Waals surface area contributed by atoms with Crippen molar-refractivity contribution in [1.29, 1.82) is 0 Å². The topological polar surface area (TPSA) is 89.1 Å². The number of rotatable bonds is 3. The second-order valence-electron chi connectivity index (χ2n) is 8.08. The Kier molecular flexibility index (Phi) is 3.90.